The maximum Gasteiger partial charge on any atom is 0.211 e. The van der Waals surface area contributed by atoms with Crippen molar-refractivity contribution in [2.45, 2.75) is 6.92 Å². The average molecular weight is 249 g/mol. The fourth-order valence-corrected chi connectivity index (χ4v) is 1.49. The zero-order chi connectivity index (χ0) is 9.14. The zero-order valence-corrected chi connectivity index (χ0v) is 8.74. The highest BCUT2D eigenvalue weighted by molar-refractivity contribution is 9.10. The van der Waals surface area contributed by atoms with E-state index >= 15 is 0 Å². The van der Waals surface area contributed by atoms with Crippen molar-refractivity contribution in [3.8, 4) is 0 Å². The van der Waals surface area contributed by atoms with Gasteiger partial charge < -0.3 is 5.32 Å². The van der Waals surface area contributed by atoms with Gasteiger partial charge in [-0.25, -0.2) is 0 Å². The standard InChI is InChI=1S/C8H7BrClNO/c1-5-2-6(9)7(10)3-8(5)11-4-12/h2-4H,1H3,(H,11,12). The quantitative estimate of drug-likeness (QED) is 0.801. The molecule has 0 aromatic heterocycles. The highest BCUT2D eigenvalue weighted by atomic mass is 79.9. The third kappa shape index (κ3) is 1.99. The molecule has 64 valence electrons. The summed E-state index contributed by atoms with van der Waals surface area (Å²) in [5.41, 5.74) is 1.71. The molecule has 0 saturated heterocycles. The van der Waals surface area contributed by atoms with Gasteiger partial charge in [0.15, 0.2) is 0 Å². The molecule has 1 N–H and O–H groups in total. The van der Waals surface area contributed by atoms with Crippen molar-refractivity contribution in [2.75, 3.05) is 5.32 Å². The first-order chi connectivity index (χ1) is 5.65. The number of carbonyl (C=O) groups excluding carboxylic acids is 1. The molecule has 12 heavy (non-hydrogen) atoms. The van der Waals surface area contributed by atoms with Gasteiger partial charge in [-0.15, -0.1) is 0 Å². The van der Waals surface area contributed by atoms with E-state index in [2.05, 4.69) is 21.2 Å². The van der Waals surface area contributed by atoms with Crippen molar-refractivity contribution < 1.29 is 4.79 Å². The van der Waals surface area contributed by atoms with E-state index in [0.29, 0.717) is 11.4 Å². The Kier molecular flexibility index (Phi) is 3.12. The number of nitrogens with one attached hydrogen (secondary N) is 1. The van der Waals surface area contributed by atoms with E-state index in [1.807, 2.05) is 13.0 Å². The van der Waals surface area contributed by atoms with Gasteiger partial charge in [-0.1, -0.05) is 11.6 Å². The summed E-state index contributed by atoms with van der Waals surface area (Å²) in [6.45, 7) is 1.90. The summed E-state index contributed by atoms with van der Waals surface area (Å²) < 4.78 is 0.832. The third-order valence-corrected chi connectivity index (χ3v) is 2.68. The lowest BCUT2D eigenvalue weighted by Crippen LogP contribution is -1.96. The van der Waals surface area contributed by atoms with E-state index in [9.17, 15) is 4.79 Å². The van der Waals surface area contributed by atoms with E-state index in [-0.39, 0.29) is 0 Å². The summed E-state index contributed by atoms with van der Waals surface area (Å²) in [5.74, 6) is 0. The van der Waals surface area contributed by atoms with Crippen LogP contribution in [0.1, 0.15) is 5.56 Å². The van der Waals surface area contributed by atoms with Crippen LogP contribution < -0.4 is 5.32 Å². The summed E-state index contributed by atoms with van der Waals surface area (Å²) in [6.07, 6.45) is 0.632. The molecule has 0 unspecified atom stereocenters. The van der Waals surface area contributed by atoms with Crippen LogP contribution >= 0.6 is 27.5 Å². The predicted molar refractivity (Wildman–Crippen MR) is 53.6 cm³/mol. The number of hydrogen-bond acceptors (Lipinski definition) is 1. The van der Waals surface area contributed by atoms with E-state index in [1.54, 1.807) is 6.07 Å². The smallest absolute Gasteiger partial charge is 0.211 e. The largest absolute Gasteiger partial charge is 0.328 e. The normalized spacial score (nSPS) is 9.58. The molecular formula is C8H7BrClNO. The van der Waals surface area contributed by atoms with E-state index in [1.165, 1.54) is 0 Å². The molecular weight excluding hydrogens is 241 g/mol. The SMILES string of the molecule is Cc1cc(Br)c(Cl)cc1NC=O. The molecule has 0 aliphatic carbocycles. The molecule has 1 aromatic carbocycles. The zero-order valence-electron chi connectivity index (χ0n) is 6.40. The van der Waals surface area contributed by atoms with Gasteiger partial charge in [0, 0.05) is 10.2 Å². The first kappa shape index (κ1) is 9.55. The first-order valence-electron chi connectivity index (χ1n) is 3.31. The van der Waals surface area contributed by atoms with Crippen molar-refractivity contribution in [1.29, 1.82) is 0 Å². The van der Waals surface area contributed by atoms with E-state index in [4.69, 9.17) is 11.6 Å². The molecule has 0 aliphatic rings. The van der Waals surface area contributed by atoms with Crippen LogP contribution in [0.25, 0.3) is 0 Å². The van der Waals surface area contributed by atoms with Gasteiger partial charge in [-0.05, 0) is 40.5 Å². The van der Waals surface area contributed by atoms with Gasteiger partial charge in [-0.3, -0.25) is 4.79 Å². The second kappa shape index (κ2) is 3.92. The molecule has 1 amide bonds. The minimum atomic E-state index is 0.588. The van der Waals surface area contributed by atoms with Gasteiger partial charge in [0.2, 0.25) is 6.41 Å². The number of carbonyl (C=O) groups is 1. The fraction of sp³-hybridized carbons (Fsp3) is 0.125. The van der Waals surface area contributed by atoms with Crippen LogP contribution in [0.5, 0.6) is 0 Å². The van der Waals surface area contributed by atoms with Crippen LogP contribution in [0.15, 0.2) is 16.6 Å². The Morgan fingerprint density at radius 2 is 2.25 bits per heavy atom. The van der Waals surface area contributed by atoms with Crippen LogP contribution in [-0.4, -0.2) is 6.41 Å². The molecule has 0 atom stereocenters. The lowest BCUT2D eigenvalue weighted by molar-refractivity contribution is -0.105. The molecule has 0 spiro atoms. The Balaban J connectivity index is 3.13. The Morgan fingerprint density at radius 1 is 1.58 bits per heavy atom. The van der Waals surface area contributed by atoms with Crippen molar-refractivity contribution >= 4 is 39.6 Å². The summed E-state index contributed by atoms with van der Waals surface area (Å²) >= 11 is 9.10. The van der Waals surface area contributed by atoms with Gasteiger partial charge in [-0.2, -0.15) is 0 Å². The highest BCUT2D eigenvalue weighted by Gasteiger charge is 2.02. The van der Waals surface area contributed by atoms with Crippen LogP contribution in [0.2, 0.25) is 5.02 Å². The summed E-state index contributed by atoms with van der Waals surface area (Å²) in [5, 5.41) is 3.15. The summed E-state index contributed by atoms with van der Waals surface area (Å²) in [6, 6.07) is 3.56. The summed E-state index contributed by atoms with van der Waals surface area (Å²) in [7, 11) is 0. The Hall–Kier alpha value is -0.540. The number of benzene rings is 1. The van der Waals surface area contributed by atoms with Crippen LogP contribution in [-0.2, 0) is 4.79 Å². The number of anilines is 1. The van der Waals surface area contributed by atoms with Crippen LogP contribution in [0.4, 0.5) is 5.69 Å². The topological polar surface area (TPSA) is 29.1 Å². The number of amides is 1. The van der Waals surface area contributed by atoms with E-state index in [0.717, 1.165) is 15.7 Å². The predicted octanol–water partition coefficient (Wildman–Crippen LogP) is 2.98. The monoisotopic (exact) mass is 247 g/mol. The molecule has 1 rings (SSSR count). The van der Waals surface area contributed by atoms with Crippen LogP contribution in [0.3, 0.4) is 0 Å². The Labute approximate surface area is 84.0 Å². The van der Waals surface area contributed by atoms with Gasteiger partial charge in [0.1, 0.15) is 0 Å². The lowest BCUT2D eigenvalue weighted by Gasteiger charge is -2.05. The highest BCUT2D eigenvalue weighted by Crippen LogP contribution is 2.28. The third-order valence-electron chi connectivity index (χ3n) is 1.48. The fourth-order valence-electron chi connectivity index (χ4n) is 0.865. The Morgan fingerprint density at radius 3 is 2.83 bits per heavy atom. The number of aryl methyl sites for hydroxylation is 1. The number of rotatable bonds is 2. The maximum atomic E-state index is 10.2. The molecule has 2 nitrogen and oxygen atoms in total. The van der Waals surface area contributed by atoms with Crippen molar-refractivity contribution in [3.05, 3.63) is 27.2 Å². The second-order valence-electron chi connectivity index (χ2n) is 2.34. The van der Waals surface area contributed by atoms with E-state index < -0.39 is 0 Å². The van der Waals surface area contributed by atoms with Gasteiger partial charge >= 0.3 is 0 Å². The van der Waals surface area contributed by atoms with Crippen molar-refractivity contribution in [1.82, 2.24) is 0 Å². The van der Waals surface area contributed by atoms with Gasteiger partial charge in [0.25, 0.3) is 0 Å². The Bertz CT molecular complexity index is 314. The number of halogens is 2. The molecule has 0 heterocycles. The second-order valence-corrected chi connectivity index (χ2v) is 3.60. The van der Waals surface area contributed by atoms with Gasteiger partial charge in [0.05, 0.1) is 5.02 Å². The minimum Gasteiger partial charge on any atom is -0.328 e. The molecule has 0 saturated carbocycles. The number of hydrogen-bond donors (Lipinski definition) is 1. The summed E-state index contributed by atoms with van der Waals surface area (Å²) in [4.78, 5) is 10.2. The minimum absolute atomic E-state index is 0.588. The molecule has 0 bridgehead atoms. The lowest BCUT2D eigenvalue weighted by atomic mass is 10.2. The molecule has 0 aliphatic heterocycles. The van der Waals surface area contributed by atoms with Crippen LogP contribution in [0, 0.1) is 6.92 Å². The maximum absolute atomic E-state index is 10.2. The first-order valence-corrected chi connectivity index (χ1v) is 4.48. The molecule has 4 heteroatoms. The molecule has 1 aromatic rings. The van der Waals surface area contributed by atoms with Crippen molar-refractivity contribution in [3.63, 3.8) is 0 Å². The average Bonchev–Trinajstić information content (AvgIpc) is 2.01. The molecule has 0 fully saturated rings. The molecule has 0 radical (unpaired) electrons. The van der Waals surface area contributed by atoms with Crippen molar-refractivity contribution in [2.24, 2.45) is 0 Å².